The maximum absolute atomic E-state index is 12.6. The zero-order valence-corrected chi connectivity index (χ0v) is 14.4. The summed E-state index contributed by atoms with van der Waals surface area (Å²) < 4.78 is 6.13. The Morgan fingerprint density at radius 3 is 2.54 bits per heavy atom. The number of ether oxygens (including phenoxy) is 1. The van der Waals surface area contributed by atoms with Gasteiger partial charge in [0, 0.05) is 5.56 Å². The lowest BCUT2D eigenvalue weighted by Gasteiger charge is -2.08. The lowest BCUT2D eigenvalue weighted by atomic mass is 10.1. The van der Waals surface area contributed by atoms with Crippen molar-refractivity contribution < 1.29 is 14.6 Å². The van der Waals surface area contributed by atoms with Crippen LogP contribution in [0, 0.1) is 11.3 Å². The Bertz CT molecular complexity index is 870. The van der Waals surface area contributed by atoms with Crippen molar-refractivity contribution in [1.82, 2.24) is 0 Å². The lowest BCUT2D eigenvalue weighted by molar-refractivity contribution is 0.103. The number of fused-ring (bicyclic) bond motifs is 1. The second-order valence-electron chi connectivity index (χ2n) is 4.85. The van der Waals surface area contributed by atoms with Crippen LogP contribution in [0.15, 0.2) is 62.1 Å². The first-order valence-corrected chi connectivity index (χ1v) is 8.87. The molecule has 0 saturated carbocycles. The number of phenolic OH excluding ortho intramolecular Hbond substituents is 1. The van der Waals surface area contributed by atoms with Crippen molar-refractivity contribution in [3.8, 4) is 17.6 Å². The highest BCUT2D eigenvalue weighted by molar-refractivity contribution is 8.24. The van der Waals surface area contributed by atoms with Gasteiger partial charge in [0.05, 0.1) is 20.6 Å². The van der Waals surface area contributed by atoms with E-state index in [2.05, 4.69) is 0 Å². The fraction of sp³-hybridized carbons (Fsp3) is 0.111. The Morgan fingerprint density at radius 1 is 1.17 bits per heavy atom. The molecular formula is C18H13NO3S2. The topological polar surface area (TPSA) is 70.3 Å². The molecule has 0 fully saturated rings. The van der Waals surface area contributed by atoms with Crippen LogP contribution in [0.4, 0.5) is 0 Å². The largest absolute Gasteiger partial charge is 0.507 e. The van der Waals surface area contributed by atoms with E-state index in [1.54, 1.807) is 36.4 Å². The molecule has 1 heterocycles. The average molecular weight is 355 g/mol. The van der Waals surface area contributed by atoms with Crippen molar-refractivity contribution >= 4 is 29.3 Å². The minimum Gasteiger partial charge on any atom is -0.507 e. The normalized spacial score (nSPS) is 14.7. The molecule has 0 bridgehead atoms. The van der Waals surface area contributed by atoms with E-state index in [9.17, 15) is 15.2 Å². The van der Waals surface area contributed by atoms with Crippen LogP contribution in [0.5, 0.6) is 11.5 Å². The van der Waals surface area contributed by atoms with Crippen LogP contribution in [0.1, 0.15) is 17.3 Å². The first-order valence-electron chi connectivity index (χ1n) is 7.24. The van der Waals surface area contributed by atoms with Crippen molar-refractivity contribution in [3.63, 3.8) is 0 Å². The lowest BCUT2D eigenvalue weighted by Crippen LogP contribution is -2.02. The highest BCUT2D eigenvalue weighted by Gasteiger charge is 2.30. The number of benzene rings is 2. The molecule has 4 nitrogen and oxygen atoms in total. The van der Waals surface area contributed by atoms with Gasteiger partial charge in [-0.1, -0.05) is 53.9 Å². The van der Waals surface area contributed by atoms with Gasteiger partial charge in [0.25, 0.3) is 0 Å². The number of nitriles is 1. The standard InChI is InChI=1S/C18H13NO3S2/c1-2-22-14-9-8-13(20)16-17(14)24-18(23-16)12(10-19)15(21)11-6-4-3-5-7-11/h3-9,20H,2H2,1H3/b18-12+. The number of hydrogen-bond donors (Lipinski definition) is 1. The van der Waals surface area contributed by atoms with E-state index in [1.807, 2.05) is 19.1 Å². The molecule has 1 aliphatic rings. The van der Waals surface area contributed by atoms with Gasteiger partial charge in [-0.05, 0) is 19.1 Å². The van der Waals surface area contributed by atoms with Gasteiger partial charge in [-0.3, -0.25) is 4.79 Å². The molecule has 0 amide bonds. The molecule has 0 spiro atoms. The first-order chi connectivity index (χ1) is 11.7. The summed E-state index contributed by atoms with van der Waals surface area (Å²) in [5, 5.41) is 19.6. The number of aromatic hydroxyl groups is 1. The van der Waals surface area contributed by atoms with Gasteiger partial charge in [0.15, 0.2) is 0 Å². The fourth-order valence-corrected chi connectivity index (χ4v) is 4.79. The highest BCUT2D eigenvalue weighted by Crippen LogP contribution is 2.58. The number of Topliss-reactive ketones (excluding diaryl/α,β-unsaturated/α-hetero) is 1. The van der Waals surface area contributed by atoms with E-state index < -0.39 is 0 Å². The van der Waals surface area contributed by atoms with E-state index >= 15 is 0 Å². The van der Waals surface area contributed by atoms with Crippen molar-refractivity contribution in [2.45, 2.75) is 16.7 Å². The predicted octanol–water partition coefficient (Wildman–Crippen LogP) is 4.61. The van der Waals surface area contributed by atoms with Crippen molar-refractivity contribution in [2.24, 2.45) is 0 Å². The van der Waals surface area contributed by atoms with Gasteiger partial charge in [0.2, 0.25) is 5.78 Å². The Balaban J connectivity index is 2.02. The summed E-state index contributed by atoms with van der Waals surface area (Å²) >= 11 is 2.51. The maximum atomic E-state index is 12.6. The minimum absolute atomic E-state index is 0.0780. The SMILES string of the molecule is CCOc1ccc(O)c2c1S/C(=C(\C#N)C(=O)c1ccccc1)S2. The maximum Gasteiger partial charge on any atom is 0.205 e. The summed E-state index contributed by atoms with van der Waals surface area (Å²) in [6.07, 6.45) is 0. The number of thioether (sulfide) groups is 2. The second-order valence-corrected chi connectivity index (χ2v) is 7.15. The third-order valence-corrected chi connectivity index (χ3v) is 5.96. The number of phenols is 1. The van der Waals surface area contributed by atoms with Crippen LogP contribution in [0.25, 0.3) is 0 Å². The zero-order valence-electron chi connectivity index (χ0n) is 12.8. The molecule has 2 aromatic carbocycles. The predicted molar refractivity (Wildman–Crippen MR) is 94.4 cm³/mol. The Morgan fingerprint density at radius 2 is 1.88 bits per heavy atom. The smallest absolute Gasteiger partial charge is 0.205 e. The van der Waals surface area contributed by atoms with Crippen molar-refractivity contribution in [2.75, 3.05) is 6.61 Å². The molecule has 120 valence electrons. The van der Waals surface area contributed by atoms with E-state index in [4.69, 9.17) is 4.74 Å². The molecular weight excluding hydrogens is 342 g/mol. The summed E-state index contributed by atoms with van der Waals surface area (Å²) in [4.78, 5) is 14.0. The summed E-state index contributed by atoms with van der Waals surface area (Å²) in [6.45, 7) is 2.37. The molecule has 2 aromatic rings. The fourth-order valence-electron chi connectivity index (χ4n) is 2.23. The number of carbonyl (C=O) groups is 1. The van der Waals surface area contributed by atoms with Crippen LogP contribution < -0.4 is 4.74 Å². The molecule has 0 aliphatic carbocycles. The molecule has 0 aromatic heterocycles. The Kier molecular flexibility index (Phi) is 4.84. The number of allylic oxidation sites excluding steroid dienone is 1. The molecule has 1 N–H and O–H groups in total. The second kappa shape index (κ2) is 7.04. The minimum atomic E-state index is -0.321. The summed E-state index contributed by atoms with van der Waals surface area (Å²) in [5.74, 6) is 0.436. The van der Waals surface area contributed by atoms with Crippen LogP contribution >= 0.6 is 23.5 Å². The van der Waals surface area contributed by atoms with E-state index in [-0.39, 0.29) is 17.1 Å². The quantitative estimate of drug-likeness (QED) is 0.491. The first kappa shape index (κ1) is 16.5. The number of rotatable bonds is 4. The van der Waals surface area contributed by atoms with E-state index in [0.29, 0.717) is 27.1 Å². The number of nitrogens with zero attached hydrogens (tertiary/aromatic N) is 1. The Hall–Kier alpha value is -2.36. The summed E-state index contributed by atoms with van der Waals surface area (Å²) in [5.41, 5.74) is 0.544. The summed E-state index contributed by atoms with van der Waals surface area (Å²) in [7, 11) is 0. The molecule has 3 rings (SSSR count). The Labute approximate surface area is 148 Å². The zero-order chi connectivity index (χ0) is 17.1. The number of carbonyl (C=O) groups excluding carboxylic acids is 1. The van der Waals surface area contributed by atoms with Gasteiger partial charge >= 0.3 is 0 Å². The third-order valence-electron chi connectivity index (χ3n) is 3.32. The molecule has 6 heteroatoms. The van der Waals surface area contributed by atoms with E-state index in [1.165, 1.54) is 23.5 Å². The van der Waals surface area contributed by atoms with Crippen LogP contribution in [-0.4, -0.2) is 17.5 Å². The molecule has 0 saturated heterocycles. The molecule has 0 unspecified atom stereocenters. The molecule has 0 radical (unpaired) electrons. The average Bonchev–Trinajstić information content (AvgIpc) is 3.05. The number of ketones is 1. The van der Waals surface area contributed by atoms with Crippen molar-refractivity contribution in [3.05, 3.63) is 57.8 Å². The number of hydrogen-bond acceptors (Lipinski definition) is 6. The van der Waals surface area contributed by atoms with Gasteiger partial charge in [0.1, 0.15) is 23.1 Å². The molecule has 0 atom stereocenters. The monoisotopic (exact) mass is 355 g/mol. The van der Waals surface area contributed by atoms with Crippen LogP contribution in [0.2, 0.25) is 0 Å². The highest BCUT2D eigenvalue weighted by atomic mass is 32.2. The molecule has 1 aliphatic heterocycles. The molecule has 24 heavy (non-hydrogen) atoms. The summed E-state index contributed by atoms with van der Waals surface area (Å²) in [6, 6.07) is 14.0. The van der Waals surface area contributed by atoms with Crippen LogP contribution in [0.3, 0.4) is 0 Å². The van der Waals surface area contributed by atoms with Gasteiger partial charge in [-0.25, -0.2) is 0 Å². The van der Waals surface area contributed by atoms with Gasteiger partial charge < -0.3 is 9.84 Å². The third kappa shape index (κ3) is 3.01. The van der Waals surface area contributed by atoms with E-state index in [0.717, 1.165) is 4.90 Å². The van der Waals surface area contributed by atoms with Crippen molar-refractivity contribution in [1.29, 1.82) is 5.26 Å². The van der Waals surface area contributed by atoms with Gasteiger partial charge in [-0.2, -0.15) is 5.26 Å². The van der Waals surface area contributed by atoms with Crippen LogP contribution in [-0.2, 0) is 0 Å². The van der Waals surface area contributed by atoms with Gasteiger partial charge in [-0.15, -0.1) is 0 Å².